The van der Waals surface area contributed by atoms with Crippen molar-refractivity contribution in [3.8, 4) is 0 Å². The second-order valence-electron chi connectivity index (χ2n) is 4.86. The average Bonchev–Trinajstić information content (AvgIpc) is 2.83. The Labute approximate surface area is 118 Å². The van der Waals surface area contributed by atoms with E-state index in [1.165, 1.54) is 0 Å². The number of hydrogen-bond donors (Lipinski definition) is 2. The minimum atomic E-state index is -0.0223. The third-order valence-corrected chi connectivity index (χ3v) is 3.51. The number of ether oxygens (including phenoxy) is 1. The first-order chi connectivity index (χ1) is 9.06. The molecular weight excluding hydrogens is 260 g/mol. The third-order valence-electron chi connectivity index (χ3n) is 3.27. The molecule has 0 radical (unpaired) electrons. The summed E-state index contributed by atoms with van der Waals surface area (Å²) >= 11 is 4.89. The van der Waals surface area contributed by atoms with Crippen LogP contribution in [0.5, 0.6) is 0 Å². The van der Waals surface area contributed by atoms with Gasteiger partial charge in [-0.05, 0) is 18.9 Å². The zero-order valence-corrected chi connectivity index (χ0v) is 11.7. The van der Waals surface area contributed by atoms with Crippen molar-refractivity contribution >= 4 is 23.1 Å². The quantitative estimate of drug-likeness (QED) is 0.816. The van der Waals surface area contributed by atoms with Crippen LogP contribution in [0.25, 0.3) is 0 Å². The van der Waals surface area contributed by atoms with Crippen molar-refractivity contribution in [2.24, 2.45) is 11.7 Å². The number of nitrogens with two attached hydrogens (primary N) is 1. The number of rotatable bonds is 4. The number of carbonyl (C=O) groups is 1. The van der Waals surface area contributed by atoms with Gasteiger partial charge >= 0.3 is 0 Å². The number of benzene rings is 1. The van der Waals surface area contributed by atoms with Gasteiger partial charge in [-0.2, -0.15) is 0 Å². The maximum absolute atomic E-state index is 11.9. The Morgan fingerprint density at radius 3 is 2.68 bits per heavy atom. The van der Waals surface area contributed by atoms with Gasteiger partial charge in [0.05, 0.1) is 18.6 Å². The van der Waals surface area contributed by atoms with Gasteiger partial charge in [-0.25, -0.2) is 0 Å². The summed E-state index contributed by atoms with van der Waals surface area (Å²) in [6.45, 7) is 3.02. The number of carbonyl (C=O) groups excluding carboxylic acids is 1. The van der Waals surface area contributed by atoms with Crippen molar-refractivity contribution in [2.45, 2.75) is 26.0 Å². The van der Waals surface area contributed by atoms with E-state index in [4.69, 9.17) is 22.7 Å². The number of thiocarbonyl (C=S) groups is 1. The highest BCUT2D eigenvalue weighted by atomic mass is 32.1. The SMILES string of the molecule is CC1CC(C(=O)NCc2ccc(C(N)=S)cc2)CO1. The molecule has 0 aromatic heterocycles. The van der Waals surface area contributed by atoms with Crippen molar-refractivity contribution in [1.82, 2.24) is 5.32 Å². The summed E-state index contributed by atoms with van der Waals surface area (Å²) in [6.07, 6.45) is 0.979. The zero-order chi connectivity index (χ0) is 13.8. The predicted octanol–water partition coefficient (Wildman–Crippen LogP) is 1.36. The summed E-state index contributed by atoms with van der Waals surface area (Å²) in [6, 6.07) is 7.57. The minimum absolute atomic E-state index is 0.0223. The van der Waals surface area contributed by atoms with Crippen LogP contribution in [-0.4, -0.2) is 23.6 Å². The lowest BCUT2D eigenvalue weighted by Crippen LogP contribution is -2.30. The Kier molecular flexibility index (Phi) is 4.50. The lowest BCUT2D eigenvalue weighted by atomic mass is 10.1. The minimum Gasteiger partial charge on any atom is -0.389 e. The van der Waals surface area contributed by atoms with Crippen LogP contribution in [0.15, 0.2) is 24.3 Å². The van der Waals surface area contributed by atoms with E-state index in [-0.39, 0.29) is 17.9 Å². The highest BCUT2D eigenvalue weighted by molar-refractivity contribution is 7.80. The summed E-state index contributed by atoms with van der Waals surface area (Å²) in [5.41, 5.74) is 7.39. The first-order valence-corrected chi connectivity index (χ1v) is 6.75. The largest absolute Gasteiger partial charge is 0.389 e. The molecule has 1 saturated heterocycles. The highest BCUT2D eigenvalue weighted by Gasteiger charge is 2.27. The van der Waals surface area contributed by atoms with Gasteiger partial charge in [-0.15, -0.1) is 0 Å². The standard InChI is InChI=1S/C14H18N2O2S/c1-9-6-12(8-18-9)14(17)16-7-10-2-4-11(5-3-10)13(15)19/h2-5,9,12H,6-8H2,1H3,(H2,15,19)(H,16,17). The van der Waals surface area contributed by atoms with Crippen LogP contribution < -0.4 is 11.1 Å². The van der Waals surface area contributed by atoms with Crippen LogP contribution in [0.2, 0.25) is 0 Å². The van der Waals surface area contributed by atoms with Crippen molar-refractivity contribution in [3.05, 3.63) is 35.4 Å². The van der Waals surface area contributed by atoms with Crippen LogP contribution in [-0.2, 0) is 16.1 Å². The van der Waals surface area contributed by atoms with E-state index in [0.717, 1.165) is 17.5 Å². The molecule has 3 N–H and O–H groups in total. The molecule has 1 heterocycles. The first-order valence-electron chi connectivity index (χ1n) is 6.34. The van der Waals surface area contributed by atoms with Crippen molar-refractivity contribution in [1.29, 1.82) is 0 Å². The smallest absolute Gasteiger partial charge is 0.225 e. The fraction of sp³-hybridized carbons (Fsp3) is 0.429. The topological polar surface area (TPSA) is 64.4 Å². The van der Waals surface area contributed by atoms with Gasteiger partial charge in [0.1, 0.15) is 4.99 Å². The molecule has 0 saturated carbocycles. The van der Waals surface area contributed by atoms with Gasteiger partial charge in [0, 0.05) is 12.1 Å². The summed E-state index contributed by atoms with van der Waals surface area (Å²) in [7, 11) is 0. The van der Waals surface area contributed by atoms with Gasteiger partial charge in [0.15, 0.2) is 0 Å². The average molecular weight is 278 g/mol. The summed E-state index contributed by atoms with van der Waals surface area (Å²) in [5.74, 6) is 0.0358. The number of hydrogen-bond acceptors (Lipinski definition) is 3. The fourth-order valence-corrected chi connectivity index (χ4v) is 2.26. The van der Waals surface area contributed by atoms with E-state index in [0.29, 0.717) is 18.1 Å². The lowest BCUT2D eigenvalue weighted by molar-refractivity contribution is -0.125. The maximum Gasteiger partial charge on any atom is 0.225 e. The molecule has 1 fully saturated rings. The molecule has 1 aliphatic heterocycles. The molecule has 1 aliphatic rings. The van der Waals surface area contributed by atoms with Crippen LogP contribution in [0.1, 0.15) is 24.5 Å². The van der Waals surface area contributed by atoms with E-state index in [1.54, 1.807) is 0 Å². The van der Waals surface area contributed by atoms with Crippen LogP contribution in [0.4, 0.5) is 0 Å². The Balaban J connectivity index is 1.85. The van der Waals surface area contributed by atoms with E-state index < -0.39 is 0 Å². The summed E-state index contributed by atoms with van der Waals surface area (Å²) < 4.78 is 5.39. The molecule has 1 amide bonds. The molecule has 1 aromatic rings. The zero-order valence-electron chi connectivity index (χ0n) is 10.9. The Hall–Kier alpha value is -1.46. The second kappa shape index (κ2) is 6.12. The molecule has 0 aliphatic carbocycles. The molecule has 102 valence electrons. The number of nitrogens with one attached hydrogen (secondary N) is 1. The first kappa shape index (κ1) is 14.0. The molecule has 2 unspecified atom stereocenters. The third kappa shape index (κ3) is 3.75. The molecule has 5 heteroatoms. The molecule has 19 heavy (non-hydrogen) atoms. The summed E-state index contributed by atoms with van der Waals surface area (Å²) in [4.78, 5) is 12.3. The van der Waals surface area contributed by atoms with E-state index in [9.17, 15) is 4.79 Å². The number of amides is 1. The molecule has 1 aromatic carbocycles. The van der Waals surface area contributed by atoms with Gasteiger partial charge < -0.3 is 15.8 Å². The Morgan fingerprint density at radius 1 is 1.47 bits per heavy atom. The van der Waals surface area contributed by atoms with Crippen molar-refractivity contribution in [2.75, 3.05) is 6.61 Å². The fourth-order valence-electron chi connectivity index (χ4n) is 2.12. The monoisotopic (exact) mass is 278 g/mol. The molecule has 0 spiro atoms. The molecular formula is C14H18N2O2S. The normalized spacial score (nSPS) is 22.2. The molecule has 0 bridgehead atoms. The molecule has 4 nitrogen and oxygen atoms in total. The van der Waals surface area contributed by atoms with Gasteiger partial charge in [0.25, 0.3) is 0 Å². The van der Waals surface area contributed by atoms with E-state index in [1.807, 2.05) is 31.2 Å². The lowest BCUT2D eigenvalue weighted by Gasteiger charge is -2.09. The summed E-state index contributed by atoms with van der Waals surface area (Å²) in [5, 5.41) is 2.93. The van der Waals surface area contributed by atoms with Crippen LogP contribution >= 0.6 is 12.2 Å². The highest BCUT2D eigenvalue weighted by Crippen LogP contribution is 2.19. The Morgan fingerprint density at radius 2 is 2.16 bits per heavy atom. The molecule has 2 rings (SSSR count). The van der Waals surface area contributed by atoms with Gasteiger partial charge in [0.2, 0.25) is 5.91 Å². The van der Waals surface area contributed by atoms with E-state index >= 15 is 0 Å². The van der Waals surface area contributed by atoms with Crippen molar-refractivity contribution < 1.29 is 9.53 Å². The van der Waals surface area contributed by atoms with Crippen LogP contribution in [0.3, 0.4) is 0 Å². The Bertz CT molecular complexity index is 473. The van der Waals surface area contributed by atoms with Crippen LogP contribution in [0, 0.1) is 5.92 Å². The van der Waals surface area contributed by atoms with Gasteiger partial charge in [-0.1, -0.05) is 36.5 Å². The van der Waals surface area contributed by atoms with E-state index in [2.05, 4.69) is 5.32 Å². The van der Waals surface area contributed by atoms with Gasteiger partial charge in [-0.3, -0.25) is 4.79 Å². The molecule has 2 atom stereocenters. The van der Waals surface area contributed by atoms with Crippen molar-refractivity contribution in [3.63, 3.8) is 0 Å². The maximum atomic E-state index is 11.9. The second-order valence-corrected chi connectivity index (χ2v) is 5.30. The predicted molar refractivity (Wildman–Crippen MR) is 77.7 cm³/mol.